The Kier molecular flexibility index (Phi) is 4.26. The van der Waals surface area contributed by atoms with Gasteiger partial charge in [0.2, 0.25) is 5.56 Å². The second-order valence-electron chi connectivity index (χ2n) is 4.35. The zero-order valence-corrected chi connectivity index (χ0v) is 11.5. The van der Waals surface area contributed by atoms with Crippen LogP contribution in [-0.2, 0) is 7.05 Å². The number of aryl methyl sites for hydroxylation is 1. The van der Waals surface area contributed by atoms with Crippen molar-refractivity contribution in [3.8, 4) is 0 Å². The van der Waals surface area contributed by atoms with Gasteiger partial charge in [-0.05, 0) is 12.1 Å². The summed E-state index contributed by atoms with van der Waals surface area (Å²) in [5.41, 5.74) is 0.438. The molecule has 7 heteroatoms. The van der Waals surface area contributed by atoms with Gasteiger partial charge < -0.3 is 20.0 Å². The Morgan fingerprint density at radius 2 is 2.30 bits per heavy atom. The molecule has 0 aliphatic rings. The van der Waals surface area contributed by atoms with Crippen LogP contribution in [0.4, 0.5) is 0 Å². The predicted molar refractivity (Wildman–Crippen MR) is 74.8 cm³/mol. The van der Waals surface area contributed by atoms with E-state index in [1.54, 1.807) is 23.9 Å². The molecular weight excluding hydrogens is 282 g/mol. The molecule has 1 amide bonds. The van der Waals surface area contributed by atoms with Crippen LogP contribution in [0.3, 0.4) is 0 Å². The van der Waals surface area contributed by atoms with Crippen LogP contribution in [0.5, 0.6) is 0 Å². The molecule has 20 heavy (non-hydrogen) atoms. The molecule has 2 aromatic rings. The minimum atomic E-state index is -0.983. The first-order valence-electron chi connectivity index (χ1n) is 5.94. The number of pyridine rings is 1. The number of amides is 1. The Bertz CT molecular complexity index is 677. The molecule has 0 saturated heterocycles. The van der Waals surface area contributed by atoms with Gasteiger partial charge in [0.25, 0.3) is 5.91 Å². The monoisotopic (exact) mass is 295 g/mol. The van der Waals surface area contributed by atoms with Crippen molar-refractivity contribution in [2.75, 3.05) is 6.54 Å². The van der Waals surface area contributed by atoms with Gasteiger partial charge in [0.1, 0.15) is 11.8 Å². The van der Waals surface area contributed by atoms with Gasteiger partial charge in [-0.1, -0.05) is 17.7 Å². The van der Waals surface area contributed by atoms with Crippen LogP contribution in [-0.4, -0.2) is 27.1 Å². The molecule has 3 N–H and O–H groups in total. The fourth-order valence-corrected chi connectivity index (χ4v) is 2.05. The summed E-state index contributed by atoms with van der Waals surface area (Å²) < 4.78 is 1.59. The molecule has 1 atom stereocenters. The maximum atomic E-state index is 11.9. The van der Waals surface area contributed by atoms with Gasteiger partial charge in [-0.2, -0.15) is 0 Å². The van der Waals surface area contributed by atoms with Crippen LogP contribution in [0, 0.1) is 0 Å². The highest BCUT2D eigenvalue weighted by Crippen LogP contribution is 2.13. The highest BCUT2D eigenvalue weighted by atomic mass is 35.5. The van der Waals surface area contributed by atoms with Crippen molar-refractivity contribution in [1.82, 2.24) is 14.9 Å². The first kappa shape index (κ1) is 14.4. The van der Waals surface area contributed by atoms with Crippen molar-refractivity contribution >= 4 is 17.5 Å². The summed E-state index contributed by atoms with van der Waals surface area (Å²) >= 11 is 5.80. The molecule has 2 aromatic heterocycles. The molecular formula is C13H14ClN3O3. The summed E-state index contributed by atoms with van der Waals surface area (Å²) in [7, 11) is 1.70. The van der Waals surface area contributed by atoms with E-state index in [-0.39, 0.29) is 18.0 Å². The summed E-state index contributed by atoms with van der Waals surface area (Å²) in [6, 6.07) is 6.00. The van der Waals surface area contributed by atoms with Gasteiger partial charge in [0.15, 0.2) is 0 Å². The number of nitrogens with zero attached hydrogens (tertiary/aromatic N) is 1. The number of carbonyl (C=O) groups excluding carboxylic acids is 1. The van der Waals surface area contributed by atoms with E-state index >= 15 is 0 Å². The van der Waals surface area contributed by atoms with Crippen molar-refractivity contribution in [1.29, 1.82) is 0 Å². The predicted octanol–water partition coefficient (Wildman–Crippen LogP) is 0.830. The van der Waals surface area contributed by atoms with Gasteiger partial charge >= 0.3 is 0 Å². The average Bonchev–Trinajstić information content (AvgIpc) is 2.74. The Balaban J connectivity index is 2.00. The molecule has 0 aliphatic carbocycles. The molecule has 0 bridgehead atoms. The van der Waals surface area contributed by atoms with Crippen LogP contribution in [0.25, 0.3) is 0 Å². The molecule has 0 aromatic carbocycles. The summed E-state index contributed by atoms with van der Waals surface area (Å²) in [6.07, 6.45) is 0.630. The van der Waals surface area contributed by atoms with E-state index in [2.05, 4.69) is 10.3 Å². The second-order valence-corrected chi connectivity index (χ2v) is 4.79. The van der Waals surface area contributed by atoms with E-state index in [4.69, 9.17) is 11.6 Å². The summed E-state index contributed by atoms with van der Waals surface area (Å²) in [4.78, 5) is 25.5. The number of halogens is 1. The van der Waals surface area contributed by atoms with E-state index in [1.807, 2.05) is 0 Å². The summed E-state index contributed by atoms with van der Waals surface area (Å²) in [5.74, 6) is -0.350. The number of nitrogens with one attached hydrogen (secondary N) is 2. The molecule has 2 rings (SSSR count). The average molecular weight is 296 g/mol. The molecule has 0 fully saturated rings. The smallest absolute Gasteiger partial charge is 0.268 e. The van der Waals surface area contributed by atoms with Crippen molar-refractivity contribution < 1.29 is 9.90 Å². The fraction of sp³-hybridized carbons (Fsp3) is 0.231. The van der Waals surface area contributed by atoms with Crippen LogP contribution < -0.4 is 10.9 Å². The fourth-order valence-electron chi connectivity index (χ4n) is 1.80. The lowest BCUT2D eigenvalue weighted by Gasteiger charge is -2.12. The first-order valence-corrected chi connectivity index (χ1v) is 6.32. The third-order valence-electron chi connectivity index (χ3n) is 2.81. The van der Waals surface area contributed by atoms with Gasteiger partial charge in [-0.25, -0.2) is 0 Å². The van der Waals surface area contributed by atoms with E-state index in [0.717, 1.165) is 0 Å². The largest absolute Gasteiger partial charge is 0.385 e. The van der Waals surface area contributed by atoms with Crippen LogP contribution in [0.15, 0.2) is 35.3 Å². The summed E-state index contributed by atoms with van der Waals surface area (Å²) in [5, 5.41) is 12.9. The van der Waals surface area contributed by atoms with Gasteiger partial charge in [-0.3, -0.25) is 9.59 Å². The number of hydrogen-bond donors (Lipinski definition) is 3. The number of H-pyrrole nitrogens is 1. The third kappa shape index (κ3) is 3.28. The van der Waals surface area contributed by atoms with Crippen LogP contribution in [0.1, 0.15) is 22.3 Å². The van der Waals surface area contributed by atoms with E-state index in [0.29, 0.717) is 16.4 Å². The minimum absolute atomic E-state index is 0.0123. The Morgan fingerprint density at radius 1 is 1.55 bits per heavy atom. The van der Waals surface area contributed by atoms with Gasteiger partial charge in [-0.15, -0.1) is 0 Å². The van der Waals surface area contributed by atoms with Crippen LogP contribution >= 0.6 is 11.6 Å². The normalized spacial score (nSPS) is 12.2. The van der Waals surface area contributed by atoms with Crippen molar-refractivity contribution in [3.63, 3.8) is 0 Å². The molecule has 2 heterocycles. The molecule has 0 saturated carbocycles. The van der Waals surface area contributed by atoms with E-state index in [1.165, 1.54) is 18.2 Å². The zero-order chi connectivity index (χ0) is 14.7. The van der Waals surface area contributed by atoms with Crippen molar-refractivity contribution in [2.24, 2.45) is 7.05 Å². The number of aliphatic hydroxyl groups excluding tert-OH is 1. The van der Waals surface area contributed by atoms with Gasteiger partial charge in [0, 0.05) is 31.5 Å². The number of hydrogen-bond acceptors (Lipinski definition) is 3. The number of carbonyl (C=O) groups is 1. The second kappa shape index (κ2) is 5.94. The topological polar surface area (TPSA) is 87.1 Å². The zero-order valence-electron chi connectivity index (χ0n) is 10.8. The van der Waals surface area contributed by atoms with Crippen molar-refractivity contribution in [3.05, 3.63) is 57.2 Å². The Morgan fingerprint density at radius 3 is 2.90 bits per heavy atom. The standard InChI is InChI=1S/C13H14ClN3O3/c1-17-7-8(14)5-10(17)13(20)15-6-11(18)9-3-2-4-12(19)16-9/h2-5,7,11,18H,6H2,1H3,(H,15,20)(H,16,19). The van der Waals surface area contributed by atoms with E-state index < -0.39 is 6.10 Å². The quantitative estimate of drug-likeness (QED) is 0.781. The van der Waals surface area contributed by atoms with Crippen LogP contribution in [0.2, 0.25) is 5.02 Å². The highest BCUT2D eigenvalue weighted by molar-refractivity contribution is 6.31. The SMILES string of the molecule is Cn1cc(Cl)cc1C(=O)NCC(O)c1cccc(=O)[nH]1. The van der Waals surface area contributed by atoms with Crippen molar-refractivity contribution in [2.45, 2.75) is 6.10 Å². The number of aromatic nitrogens is 2. The minimum Gasteiger partial charge on any atom is -0.385 e. The molecule has 6 nitrogen and oxygen atoms in total. The molecule has 0 spiro atoms. The lowest BCUT2D eigenvalue weighted by Crippen LogP contribution is -2.30. The Hall–Kier alpha value is -2.05. The maximum absolute atomic E-state index is 11.9. The summed E-state index contributed by atoms with van der Waals surface area (Å²) in [6.45, 7) is -0.0123. The molecule has 106 valence electrons. The molecule has 0 aliphatic heterocycles. The maximum Gasteiger partial charge on any atom is 0.268 e. The van der Waals surface area contributed by atoms with Gasteiger partial charge in [0.05, 0.1) is 5.02 Å². The highest BCUT2D eigenvalue weighted by Gasteiger charge is 2.14. The number of rotatable bonds is 4. The first-order chi connectivity index (χ1) is 9.47. The van der Waals surface area contributed by atoms with E-state index in [9.17, 15) is 14.7 Å². The molecule has 0 radical (unpaired) electrons. The number of aromatic amines is 1. The number of aliphatic hydroxyl groups is 1. The lowest BCUT2D eigenvalue weighted by atomic mass is 10.2. The third-order valence-corrected chi connectivity index (χ3v) is 3.02. The Labute approximate surface area is 120 Å². The molecule has 1 unspecified atom stereocenters. The lowest BCUT2D eigenvalue weighted by molar-refractivity contribution is 0.0906.